The van der Waals surface area contributed by atoms with Crippen molar-refractivity contribution in [2.75, 3.05) is 13.2 Å². The molecule has 0 saturated carbocycles. The molecule has 0 aliphatic carbocycles. The predicted octanol–water partition coefficient (Wildman–Crippen LogP) is 6.32. The third kappa shape index (κ3) is 8.04. The van der Waals surface area contributed by atoms with Gasteiger partial charge in [0.1, 0.15) is 23.9 Å². The number of aliphatic carboxylic acids is 2. The normalized spacial score (nSPS) is 11.1. The van der Waals surface area contributed by atoms with E-state index in [9.17, 15) is 23.9 Å². The number of halogens is 1. The van der Waals surface area contributed by atoms with E-state index in [0.29, 0.717) is 18.8 Å². The number of aromatic nitrogens is 1. The minimum absolute atomic E-state index is 0.0262. The second-order valence-electron chi connectivity index (χ2n) is 9.36. The molecule has 4 rings (SSSR count). The van der Waals surface area contributed by atoms with E-state index in [1.54, 1.807) is 12.2 Å². The Morgan fingerprint density at radius 2 is 1.44 bits per heavy atom. The van der Waals surface area contributed by atoms with Crippen molar-refractivity contribution in [1.29, 1.82) is 0 Å². The van der Waals surface area contributed by atoms with Crippen LogP contribution in [0.4, 0.5) is 4.39 Å². The fourth-order valence-electron chi connectivity index (χ4n) is 4.37. The largest absolute Gasteiger partial charge is 0.494 e. The molecule has 0 atom stereocenters. The maximum atomic E-state index is 14.9. The minimum Gasteiger partial charge on any atom is -0.494 e. The minimum atomic E-state index is -1.16. The first-order chi connectivity index (χ1) is 19.8. The molecule has 0 amide bonds. The average molecular weight is 560 g/mol. The number of unbranched alkanes of at least 4 members (excludes halogenated alkanes) is 1. The molecule has 0 bridgehead atoms. The van der Waals surface area contributed by atoms with Crippen molar-refractivity contribution in [3.63, 3.8) is 0 Å². The van der Waals surface area contributed by atoms with Gasteiger partial charge >= 0.3 is 11.9 Å². The third-order valence-corrected chi connectivity index (χ3v) is 6.33. The smallest absolute Gasteiger partial charge is 0.323 e. The molecule has 212 valence electrons. The van der Waals surface area contributed by atoms with E-state index in [-0.39, 0.29) is 22.9 Å². The second-order valence-corrected chi connectivity index (χ2v) is 9.36. The molecule has 4 aromatic rings. The van der Waals surface area contributed by atoms with E-state index in [2.05, 4.69) is 0 Å². The van der Waals surface area contributed by atoms with E-state index >= 15 is 0 Å². The molecular formula is C32H30FNO7. The highest BCUT2D eigenvalue weighted by Crippen LogP contribution is 2.30. The number of benzene rings is 3. The van der Waals surface area contributed by atoms with Gasteiger partial charge in [-0.1, -0.05) is 42.5 Å². The van der Waals surface area contributed by atoms with Crippen LogP contribution in [0, 0.1) is 5.82 Å². The van der Waals surface area contributed by atoms with Crippen molar-refractivity contribution in [3.05, 3.63) is 95.4 Å². The van der Waals surface area contributed by atoms with Crippen LogP contribution in [0.2, 0.25) is 0 Å². The zero-order chi connectivity index (χ0) is 29.2. The second kappa shape index (κ2) is 13.9. The molecule has 1 heterocycles. The molecule has 3 aromatic carbocycles. The number of carbonyl (C=O) groups is 3. The number of ether oxygens (including phenoxy) is 2. The quantitative estimate of drug-likeness (QED) is 0.0995. The Morgan fingerprint density at radius 3 is 2.07 bits per heavy atom. The standard InChI is InChI=1S/C32H30FNO7/c33-27-15-12-23(32-31(27)26(20-34(32)21-30(38)39)28(35)16-17-29(36)37)11-8-22-9-13-25(14-10-22)41-19-5-4-18-40-24-6-2-1-3-7-24/h1-3,6-15,20H,4-5,16-19,21H2,(H,36,37)(H,38,39). The van der Waals surface area contributed by atoms with Gasteiger partial charge in [0, 0.05) is 23.6 Å². The summed E-state index contributed by atoms with van der Waals surface area (Å²) in [4.78, 5) is 35.1. The van der Waals surface area contributed by atoms with Crippen LogP contribution in [0.15, 0.2) is 72.9 Å². The number of hydrogen-bond acceptors (Lipinski definition) is 5. The van der Waals surface area contributed by atoms with Crippen LogP contribution < -0.4 is 9.47 Å². The van der Waals surface area contributed by atoms with Gasteiger partial charge in [0.15, 0.2) is 5.78 Å². The Morgan fingerprint density at radius 1 is 0.780 bits per heavy atom. The summed E-state index contributed by atoms with van der Waals surface area (Å²) in [6, 6.07) is 19.8. The van der Waals surface area contributed by atoms with Crippen LogP contribution >= 0.6 is 0 Å². The highest BCUT2D eigenvalue weighted by Gasteiger charge is 2.21. The fraction of sp³-hybridized carbons (Fsp3) is 0.219. The number of carboxylic acid groups (broad SMARTS) is 2. The molecule has 2 N–H and O–H groups in total. The monoisotopic (exact) mass is 559 g/mol. The first-order valence-corrected chi connectivity index (χ1v) is 13.2. The number of Topliss-reactive ketones (excluding diaryl/α,β-unsaturated/α-hetero) is 1. The van der Waals surface area contributed by atoms with E-state index in [1.807, 2.05) is 54.6 Å². The van der Waals surface area contributed by atoms with Crippen LogP contribution in [-0.2, 0) is 16.1 Å². The molecule has 8 nitrogen and oxygen atoms in total. The van der Waals surface area contributed by atoms with Gasteiger partial charge in [-0.25, -0.2) is 4.39 Å². The van der Waals surface area contributed by atoms with Crippen molar-refractivity contribution in [2.45, 2.75) is 32.2 Å². The molecule has 0 aliphatic rings. The van der Waals surface area contributed by atoms with Crippen molar-refractivity contribution in [2.24, 2.45) is 0 Å². The van der Waals surface area contributed by atoms with Crippen molar-refractivity contribution in [1.82, 2.24) is 4.57 Å². The Bertz CT molecular complexity index is 1540. The molecule has 9 heteroatoms. The molecule has 0 aliphatic heterocycles. The number of rotatable bonds is 15. The molecule has 0 radical (unpaired) electrons. The number of ketones is 1. The zero-order valence-corrected chi connectivity index (χ0v) is 22.3. The van der Waals surface area contributed by atoms with Crippen molar-refractivity contribution in [3.8, 4) is 11.5 Å². The predicted molar refractivity (Wildman–Crippen MR) is 153 cm³/mol. The fourth-order valence-corrected chi connectivity index (χ4v) is 4.37. The molecule has 0 fully saturated rings. The van der Waals surface area contributed by atoms with Gasteiger partial charge in [-0.2, -0.15) is 0 Å². The lowest BCUT2D eigenvalue weighted by Crippen LogP contribution is -2.08. The number of carboxylic acids is 2. The molecule has 0 unspecified atom stereocenters. The van der Waals surface area contributed by atoms with Crippen molar-refractivity contribution >= 4 is 40.8 Å². The summed E-state index contributed by atoms with van der Waals surface area (Å²) in [5.41, 5.74) is 1.56. The molecule has 41 heavy (non-hydrogen) atoms. The van der Waals surface area contributed by atoms with E-state index in [0.717, 1.165) is 29.9 Å². The molecule has 1 aromatic heterocycles. The SMILES string of the molecule is O=C(O)CCC(=O)c1cn(CC(=O)O)c2c(C=Cc3ccc(OCCCCOc4ccccc4)cc3)ccc(F)c12. The van der Waals surface area contributed by atoms with Gasteiger partial charge in [0.25, 0.3) is 0 Å². The van der Waals surface area contributed by atoms with Gasteiger partial charge in [-0.3, -0.25) is 14.4 Å². The molecule has 0 saturated heterocycles. The van der Waals surface area contributed by atoms with E-state index in [4.69, 9.17) is 14.6 Å². The highest BCUT2D eigenvalue weighted by atomic mass is 19.1. The summed E-state index contributed by atoms with van der Waals surface area (Å²) in [6.45, 7) is 0.675. The summed E-state index contributed by atoms with van der Waals surface area (Å²) in [6.07, 6.45) is 5.76. The van der Waals surface area contributed by atoms with E-state index < -0.39 is 36.5 Å². The Labute approximate surface area is 236 Å². The van der Waals surface area contributed by atoms with Gasteiger partial charge in [0.05, 0.1) is 25.2 Å². The average Bonchev–Trinajstić information content (AvgIpc) is 3.34. The summed E-state index contributed by atoms with van der Waals surface area (Å²) in [5, 5.41) is 18.3. The summed E-state index contributed by atoms with van der Waals surface area (Å²) in [5.74, 6) is -2.01. The maximum Gasteiger partial charge on any atom is 0.323 e. The number of hydrogen-bond donors (Lipinski definition) is 2. The molecule has 0 spiro atoms. The molecular weight excluding hydrogens is 529 g/mol. The van der Waals surface area contributed by atoms with Crippen LogP contribution in [0.1, 0.15) is 47.2 Å². The lowest BCUT2D eigenvalue weighted by atomic mass is 10.0. The zero-order valence-electron chi connectivity index (χ0n) is 22.3. The Balaban J connectivity index is 1.42. The topological polar surface area (TPSA) is 115 Å². The van der Waals surface area contributed by atoms with Crippen LogP contribution in [0.5, 0.6) is 11.5 Å². The van der Waals surface area contributed by atoms with Gasteiger partial charge in [-0.15, -0.1) is 0 Å². The number of fused-ring (bicyclic) bond motifs is 1. The van der Waals surface area contributed by atoms with Crippen molar-refractivity contribution < 1.29 is 38.5 Å². The first-order valence-electron chi connectivity index (χ1n) is 13.2. The maximum absolute atomic E-state index is 14.9. The van der Waals surface area contributed by atoms with Gasteiger partial charge < -0.3 is 24.3 Å². The number of para-hydroxylation sites is 1. The summed E-state index contributed by atoms with van der Waals surface area (Å²) >= 11 is 0. The summed E-state index contributed by atoms with van der Waals surface area (Å²) in [7, 11) is 0. The third-order valence-electron chi connectivity index (χ3n) is 6.33. The Hall–Kier alpha value is -4.92. The number of nitrogens with zero attached hydrogens (tertiary/aromatic N) is 1. The van der Waals surface area contributed by atoms with Crippen LogP contribution in [0.3, 0.4) is 0 Å². The van der Waals surface area contributed by atoms with Gasteiger partial charge in [-0.05, 0) is 60.4 Å². The summed E-state index contributed by atoms with van der Waals surface area (Å²) < 4.78 is 27.7. The Kier molecular flexibility index (Phi) is 9.88. The van der Waals surface area contributed by atoms with E-state index in [1.165, 1.54) is 22.9 Å². The first kappa shape index (κ1) is 29.1. The lowest BCUT2D eigenvalue weighted by Gasteiger charge is -2.08. The van der Waals surface area contributed by atoms with Gasteiger partial charge in [0.2, 0.25) is 0 Å². The highest BCUT2D eigenvalue weighted by molar-refractivity contribution is 6.10. The lowest BCUT2D eigenvalue weighted by molar-refractivity contribution is -0.138. The van der Waals surface area contributed by atoms with Crippen LogP contribution in [0.25, 0.3) is 23.1 Å². The number of carbonyl (C=O) groups excluding carboxylic acids is 1. The van der Waals surface area contributed by atoms with Crippen LogP contribution in [-0.4, -0.2) is 45.7 Å².